The average molecular weight is 251 g/mol. The van der Waals surface area contributed by atoms with Gasteiger partial charge in [-0.15, -0.1) is 12.4 Å². The topological polar surface area (TPSA) is 64.3 Å². The first-order chi connectivity index (χ1) is 7.27. The molecule has 16 heavy (non-hydrogen) atoms. The van der Waals surface area contributed by atoms with Crippen LogP contribution in [0.2, 0.25) is 0 Å². The molecule has 96 valence electrons. The molecule has 0 heterocycles. The van der Waals surface area contributed by atoms with Gasteiger partial charge in [0.2, 0.25) is 5.91 Å². The number of rotatable bonds is 5. The molecule has 5 heteroatoms. The fourth-order valence-corrected chi connectivity index (χ4v) is 2.29. The van der Waals surface area contributed by atoms with Gasteiger partial charge in [0.05, 0.1) is 0 Å². The van der Waals surface area contributed by atoms with Crippen LogP contribution in [0.25, 0.3) is 0 Å². The van der Waals surface area contributed by atoms with E-state index in [2.05, 4.69) is 5.32 Å². The van der Waals surface area contributed by atoms with Gasteiger partial charge >= 0.3 is 0 Å². The van der Waals surface area contributed by atoms with Crippen LogP contribution in [0.5, 0.6) is 0 Å². The van der Waals surface area contributed by atoms with Crippen LogP contribution in [0.3, 0.4) is 0 Å². The number of nitrogens with one attached hydrogen (secondary N) is 1. The lowest BCUT2D eigenvalue weighted by molar-refractivity contribution is -0.125. The molecule has 1 aliphatic carbocycles. The van der Waals surface area contributed by atoms with Crippen molar-refractivity contribution in [3.63, 3.8) is 0 Å². The molecular weight excluding hydrogens is 228 g/mol. The first kappa shape index (κ1) is 15.7. The Bertz CT molecular complexity index is 196. The number of ether oxygens (including phenoxy) is 1. The van der Waals surface area contributed by atoms with Crippen LogP contribution in [0.15, 0.2) is 0 Å². The summed E-state index contributed by atoms with van der Waals surface area (Å²) in [5, 5.41) is 2.95. The molecule has 0 aromatic carbocycles. The SMILES string of the molecule is COCC(=O)NC(CN)C1CCCCC1.Cl. The second-order valence-electron chi connectivity index (χ2n) is 4.24. The first-order valence-corrected chi connectivity index (χ1v) is 5.76. The van der Waals surface area contributed by atoms with Crippen molar-refractivity contribution in [1.82, 2.24) is 5.32 Å². The Kier molecular flexibility index (Phi) is 8.61. The van der Waals surface area contributed by atoms with Gasteiger partial charge in [0.15, 0.2) is 0 Å². The third-order valence-corrected chi connectivity index (χ3v) is 3.09. The predicted octanol–water partition coefficient (Wildman–Crippen LogP) is 1.08. The highest BCUT2D eigenvalue weighted by molar-refractivity contribution is 5.85. The predicted molar refractivity (Wildman–Crippen MR) is 66.7 cm³/mol. The Hall–Kier alpha value is -0.320. The minimum atomic E-state index is -0.0569. The quantitative estimate of drug-likeness (QED) is 0.768. The van der Waals surface area contributed by atoms with Gasteiger partial charge in [-0.3, -0.25) is 4.79 Å². The van der Waals surface area contributed by atoms with E-state index in [0.717, 1.165) is 0 Å². The van der Waals surface area contributed by atoms with Crippen LogP contribution in [0.4, 0.5) is 0 Å². The van der Waals surface area contributed by atoms with Crippen LogP contribution in [-0.4, -0.2) is 32.2 Å². The van der Waals surface area contributed by atoms with E-state index < -0.39 is 0 Å². The van der Waals surface area contributed by atoms with Crippen molar-refractivity contribution >= 4 is 18.3 Å². The van der Waals surface area contributed by atoms with E-state index in [1.807, 2.05) is 0 Å². The van der Waals surface area contributed by atoms with Gasteiger partial charge in [-0.25, -0.2) is 0 Å². The van der Waals surface area contributed by atoms with Crippen LogP contribution in [0, 0.1) is 5.92 Å². The van der Waals surface area contributed by atoms with Crippen LogP contribution in [-0.2, 0) is 9.53 Å². The first-order valence-electron chi connectivity index (χ1n) is 5.76. The largest absolute Gasteiger partial charge is 0.375 e. The number of amides is 1. The van der Waals surface area contributed by atoms with E-state index in [1.165, 1.54) is 39.2 Å². The zero-order chi connectivity index (χ0) is 11.1. The minimum absolute atomic E-state index is 0. The van der Waals surface area contributed by atoms with Crippen LogP contribution in [0.1, 0.15) is 32.1 Å². The molecule has 0 aromatic heterocycles. The lowest BCUT2D eigenvalue weighted by atomic mass is 9.84. The Balaban J connectivity index is 0.00000225. The van der Waals surface area contributed by atoms with Crippen LogP contribution >= 0.6 is 12.4 Å². The number of nitrogens with two attached hydrogens (primary N) is 1. The zero-order valence-corrected chi connectivity index (χ0v) is 10.7. The molecule has 0 saturated heterocycles. The molecule has 3 N–H and O–H groups in total. The fraction of sp³-hybridized carbons (Fsp3) is 0.909. The Morgan fingerprint density at radius 2 is 2.06 bits per heavy atom. The number of hydrogen-bond donors (Lipinski definition) is 2. The van der Waals surface area contributed by atoms with Gasteiger partial charge < -0.3 is 15.8 Å². The normalized spacial score (nSPS) is 18.6. The number of carbonyl (C=O) groups excluding carboxylic acids is 1. The van der Waals surface area contributed by atoms with Gasteiger partial charge in [0, 0.05) is 19.7 Å². The summed E-state index contributed by atoms with van der Waals surface area (Å²) < 4.78 is 4.78. The molecule has 1 rings (SSSR count). The molecule has 1 fully saturated rings. The molecule has 0 spiro atoms. The molecule has 0 bridgehead atoms. The molecule has 1 unspecified atom stereocenters. The average Bonchev–Trinajstić information content (AvgIpc) is 2.27. The van der Waals surface area contributed by atoms with Crippen molar-refractivity contribution in [2.75, 3.05) is 20.3 Å². The molecule has 1 amide bonds. The summed E-state index contributed by atoms with van der Waals surface area (Å²) in [7, 11) is 1.53. The van der Waals surface area contributed by atoms with Crippen molar-refractivity contribution in [1.29, 1.82) is 0 Å². The van der Waals surface area contributed by atoms with Crippen molar-refractivity contribution in [2.45, 2.75) is 38.1 Å². The highest BCUT2D eigenvalue weighted by atomic mass is 35.5. The molecule has 0 aromatic rings. The van der Waals surface area contributed by atoms with Gasteiger partial charge in [0.1, 0.15) is 6.61 Å². The summed E-state index contributed by atoms with van der Waals surface area (Å²) in [6, 6.07) is 0.132. The molecule has 0 radical (unpaired) electrons. The third-order valence-electron chi connectivity index (χ3n) is 3.09. The maximum absolute atomic E-state index is 11.4. The standard InChI is InChI=1S/C11H22N2O2.ClH/c1-15-8-11(14)13-10(7-12)9-5-3-2-4-6-9;/h9-10H,2-8,12H2,1H3,(H,13,14);1H. The van der Waals surface area contributed by atoms with Crippen molar-refractivity contribution in [3.8, 4) is 0 Å². The summed E-state index contributed by atoms with van der Waals surface area (Å²) in [5.74, 6) is 0.503. The molecule has 1 saturated carbocycles. The summed E-state index contributed by atoms with van der Waals surface area (Å²) >= 11 is 0. The Labute approximate surface area is 104 Å². The van der Waals surface area contributed by atoms with E-state index in [1.54, 1.807) is 0 Å². The maximum atomic E-state index is 11.4. The van der Waals surface area contributed by atoms with Crippen molar-refractivity contribution in [3.05, 3.63) is 0 Å². The van der Waals surface area contributed by atoms with E-state index in [9.17, 15) is 4.79 Å². The Morgan fingerprint density at radius 1 is 1.44 bits per heavy atom. The van der Waals surface area contributed by atoms with Crippen molar-refractivity contribution < 1.29 is 9.53 Å². The highest BCUT2D eigenvalue weighted by Crippen LogP contribution is 2.26. The number of carbonyl (C=O) groups is 1. The maximum Gasteiger partial charge on any atom is 0.246 e. The van der Waals surface area contributed by atoms with E-state index in [4.69, 9.17) is 10.5 Å². The van der Waals surface area contributed by atoms with E-state index >= 15 is 0 Å². The molecule has 0 aliphatic heterocycles. The van der Waals surface area contributed by atoms with Gasteiger partial charge in [-0.05, 0) is 18.8 Å². The zero-order valence-electron chi connectivity index (χ0n) is 9.91. The third kappa shape index (κ3) is 5.14. The number of hydrogen-bond acceptors (Lipinski definition) is 3. The monoisotopic (exact) mass is 250 g/mol. The second kappa shape index (κ2) is 8.79. The summed E-state index contributed by atoms with van der Waals surface area (Å²) in [6.07, 6.45) is 6.23. The molecule has 4 nitrogen and oxygen atoms in total. The summed E-state index contributed by atoms with van der Waals surface area (Å²) in [6.45, 7) is 0.656. The Morgan fingerprint density at radius 3 is 2.56 bits per heavy atom. The second-order valence-corrected chi connectivity index (χ2v) is 4.24. The number of halogens is 1. The summed E-state index contributed by atoms with van der Waals surface area (Å²) in [5.41, 5.74) is 5.69. The molecule has 1 atom stereocenters. The lowest BCUT2D eigenvalue weighted by Gasteiger charge is -2.29. The van der Waals surface area contributed by atoms with Crippen LogP contribution < -0.4 is 11.1 Å². The fourth-order valence-electron chi connectivity index (χ4n) is 2.29. The number of methoxy groups -OCH3 is 1. The summed E-state index contributed by atoms with van der Waals surface area (Å²) in [4.78, 5) is 11.4. The molecular formula is C11H23ClN2O2. The smallest absolute Gasteiger partial charge is 0.246 e. The lowest BCUT2D eigenvalue weighted by Crippen LogP contribution is -2.47. The molecule has 1 aliphatic rings. The van der Waals surface area contributed by atoms with Gasteiger partial charge in [-0.2, -0.15) is 0 Å². The van der Waals surface area contributed by atoms with E-state index in [0.29, 0.717) is 12.5 Å². The van der Waals surface area contributed by atoms with Gasteiger partial charge in [-0.1, -0.05) is 19.3 Å². The van der Waals surface area contributed by atoms with E-state index in [-0.39, 0.29) is 31.0 Å². The van der Waals surface area contributed by atoms with Crippen molar-refractivity contribution in [2.24, 2.45) is 11.7 Å². The highest BCUT2D eigenvalue weighted by Gasteiger charge is 2.23. The van der Waals surface area contributed by atoms with Gasteiger partial charge in [0.25, 0.3) is 0 Å². The minimum Gasteiger partial charge on any atom is -0.375 e.